The SMILES string of the molecule is CCNS(=O)(=O)c1cc(-c2sc(NC(C)=O)nc2C)cc2c1C(=O)N([C@@H](C)C(F)(F)F)C2. The Hall–Kier alpha value is -2.51. The molecule has 0 unspecified atom stereocenters. The van der Waals surface area contributed by atoms with E-state index < -0.39 is 28.1 Å². The highest BCUT2D eigenvalue weighted by Gasteiger charge is 2.46. The third kappa shape index (κ3) is 4.50. The number of carbonyl (C=O) groups excluding carboxylic acids is 2. The molecule has 2 heterocycles. The number of carbonyl (C=O) groups is 2. The maximum Gasteiger partial charge on any atom is 0.408 e. The fraction of sp³-hybridized carbons (Fsp3) is 0.421. The second-order valence-corrected chi connectivity index (χ2v) is 10.0. The normalized spacial score (nSPS) is 15.1. The first-order valence-corrected chi connectivity index (χ1v) is 11.9. The van der Waals surface area contributed by atoms with Gasteiger partial charge in [-0.05, 0) is 37.1 Å². The summed E-state index contributed by atoms with van der Waals surface area (Å²) < 4.78 is 67.9. The van der Waals surface area contributed by atoms with Crippen LogP contribution >= 0.6 is 11.3 Å². The van der Waals surface area contributed by atoms with Crippen LogP contribution < -0.4 is 10.0 Å². The van der Waals surface area contributed by atoms with Crippen molar-refractivity contribution in [2.45, 2.75) is 51.4 Å². The van der Waals surface area contributed by atoms with Gasteiger partial charge in [-0.3, -0.25) is 9.59 Å². The Morgan fingerprint density at radius 3 is 2.56 bits per heavy atom. The van der Waals surface area contributed by atoms with Crippen molar-refractivity contribution in [3.63, 3.8) is 0 Å². The Bertz CT molecular complexity index is 1190. The molecule has 32 heavy (non-hydrogen) atoms. The predicted molar refractivity (Wildman–Crippen MR) is 113 cm³/mol. The molecule has 0 saturated heterocycles. The summed E-state index contributed by atoms with van der Waals surface area (Å²) in [6.07, 6.45) is -4.66. The molecule has 8 nitrogen and oxygen atoms in total. The van der Waals surface area contributed by atoms with Crippen molar-refractivity contribution in [3.05, 3.63) is 29.0 Å². The molecule has 2 amide bonds. The van der Waals surface area contributed by atoms with E-state index in [1.54, 1.807) is 13.8 Å². The lowest BCUT2D eigenvalue weighted by Crippen LogP contribution is -2.43. The summed E-state index contributed by atoms with van der Waals surface area (Å²) in [7, 11) is -4.17. The highest BCUT2D eigenvalue weighted by molar-refractivity contribution is 7.89. The van der Waals surface area contributed by atoms with Gasteiger partial charge in [-0.25, -0.2) is 18.1 Å². The first kappa shape index (κ1) is 24.1. The Morgan fingerprint density at radius 1 is 1.34 bits per heavy atom. The third-order valence-electron chi connectivity index (χ3n) is 4.91. The highest BCUT2D eigenvalue weighted by Crippen LogP contribution is 2.40. The minimum Gasteiger partial charge on any atom is -0.322 e. The lowest BCUT2D eigenvalue weighted by Gasteiger charge is -2.26. The summed E-state index contributed by atoms with van der Waals surface area (Å²) in [6, 6.07) is 0.672. The Labute approximate surface area is 186 Å². The van der Waals surface area contributed by atoms with Crippen LogP contribution in [-0.2, 0) is 21.4 Å². The molecule has 2 aromatic rings. The van der Waals surface area contributed by atoms with Gasteiger partial charge in [0, 0.05) is 20.0 Å². The minimum absolute atomic E-state index is 0.0322. The molecule has 0 aliphatic carbocycles. The van der Waals surface area contributed by atoms with Crippen LogP contribution in [0.4, 0.5) is 18.3 Å². The summed E-state index contributed by atoms with van der Waals surface area (Å²) in [4.78, 5) is 29.2. The topological polar surface area (TPSA) is 108 Å². The molecular weight excluding hydrogens is 469 g/mol. The summed E-state index contributed by atoms with van der Waals surface area (Å²) >= 11 is 1.09. The monoisotopic (exact) mass is 490 g/mol. The number of hydrogen-bond acceptors (Lipinski definition) is 6. The summed E-state index contributed by atoms with van der Waals surface area (Å²) in [5.74, 6) is -1.33. The van der Waals surface area contributed by atoms with E-state index in [4.69, 9.17) is 0 Å². The van der Waals surface area contributed by atoms with Crippen LogP contribution in [0.1, 0.15) is 42.4 Å². The van der Waals surface area contributed by atoms with E-state index in [0.717, 1.165) is 18.3 Å². The predicted octanol–water partition coefficient (Wildman–Crippen LogP) is 3.28. The van der Waals surface area contributed by atoms with Crippen LogP contribution in [0.2, 0.25) is 0 Å². The van der Waals surface area contributed by atoms with Crippen molar-refractivity contribution < 1.29 is 31.2 Å². The second kappa shape index (κ2) is 8.45. The Kier molecular flexibility index (Phi) is 6.37. The number of alkyl halides is 3. The van der Waals surface area contributed by atoms with Crippen molar-refractivity contribution in [2.75, 3.05) is 11.9 Å². The molecule has 1 aromatic carbocycles. The molecule has 0 saturated carbocycles. The van der Waals surface area contributed by atoms with Crippen molar-refractivity contribution in [1.29, 1.82) is 0 Å². The number of benzene rings is 1. The standard InChI is InChI=1S/C19H21F3N4O4S2/c1-5-23-32(29,30)14-7-12(16-9(2)24-18(31-16)25-11(4)27)6-13-8-26(17(28)15(13)14)10(3)19(20,21)22/h6-7,10,23H,5,8H2,1-4H3,(H,24,25,27)/t10-/m0/s1. The van der Waals surface area contributed by atoms with Gasteiger partial charge >= 0.3 is 6.18 Å². The number of sulfonamides is 1. The largest absolute Gasteiger partial charge is 0.408 e. The summed E-state index contributed by atoms with van der Waals surface area (Å²) in [6.45, 7) is 5.03. The number of halogens is 3. The van der Waals surface area contributed by atoms with E-state index in [9.17, 15) is 31.2 Å². The number of amides is 2. The molecule has 0 spiro atoms. The average Bonchev–Trinajstić information content (AvgIpc) is 3.18. The summed E-state index contributed by atoms with van der Waals surface area (Å²) in [5.41, 5.74) is 0.778. The molecule has 13 heteroatoms. The van der Waals surface area contributed by atoms with Crippen molar-refractivity contribution in [1.82, 2.24) is 14.6 Å². The average molecular weight is 491 g/mol. The van der Waals surface area contributed by atoms with Crippen LogP contribution in [-0.4, -0.2) is 48.9 Å². The van der Waals surface area contributed by atoms with Crippen molar-refractivity contribution in [3.8, 4) is 10.4 Å². The number of anilines is 1. The van der Waals surface area contributed by atoms with Crippen LogP contribution in [0.25, 0.3) is 10.4 Å². The lowest BCUT2D eigenvalue weighted by molar-refractivity contribution is -0.172. The number of fused-ring (bicyclic) bond motifs is 1. The number of thiazole rings is 1. The molecule has 1 aromatic heterocycles. The van der Waals surface area contributed by atoms with Crippen molar-refractivity contribution in [2.24, 2.45) is 0 Å². The first-order valence-electron chi connectivity index (χ1n) is 9.56. The van der Waals surface area contributed by atoms with E-state index in [2.05, 4.69) is 15.0 Å². The van der Waals surface area contributed by atoms with Crippen LogP contribution in [0.15, 0.2) is 17.0 Å². The molecule has 1 aliphatic rings. The molecule has 0 radical (unpaired) electrons. The van der Waals surface area contributed by atoms with Gasteiger partial charge in [0.2, 0.25) is 15.9 Å². The number of nitrogens with zero attached hydrogens (tertiary/aromatic N) is 2. The van der Waals surface area contributed by atoms with Crippen LogP contribution in [0.3, 0.4) is 0 Å². The second-order valence-electron chi connectivity index (χ2n) is 7.28. The van der Waals surface area contributed by atoms with E-state index in [1.807, 2.05) is 0 Å². The van der Waals surface area contributed by atoms with Gasteiger partial charge in [0.25, 0.3) is 5.91 Å². The fourth-order valence-corrected chi connectivity index (χ4v) is 5.71. The van der Waals surface area contributed by atoms with E-state index in [1.165, 1.54) is 19.1 Å². The molecular formula is C19H21F3N4O4S2. The maximum atomic E-state index is 13.3. The highest BCUT2D eigenvalue weighted by atomic mass is 32.2. The van der Waals surface area contributed by atoms with Gasteiger partial charge in [-0.1, -0.05) is 18.3 Å². The lowest BCUT2D eigenvalue weighted by atomic mass is 10.0. The third-order valence-corrected chi connectivity index (χ3v) is 7.60. The number of rotatable bonds is 6. The molecule has 1 aliphatic heterocycles. The first-order chi connectivity index (χ1) is 14.8. The number of nitrogens with one attached hydrogen (secondary N) is 2. The van der Waals surface area contributed by atoms with Gasteiger partial charge in [0.05, 0.1) is 21.0 Å². The van der Waals surface area contributed by atoms with Gasteiger partial charge < -0.3 is 10.2 Å². The van der Waals surface area contributed by atoms with Gasteiger partial charge in [-0.15, -0.1) is 0 Å². The maximum absolute atomic E-state index is 13.3. The zero-order valence-electron chi connectivity index (χ0n) is 17.6. The zero-order valence-corrected chi connectivity index (χ0v) is 19.3. The molecule has 174 valence electrons. The molecule has 3 rings (SSSR count). The van der Waals surface area contributed by atoms with E-state index in [0.29, 0.717) is 26.2 Å². The van der Waals surface area contributed by atoms with Gasteiger partial charge in [0.1, 0.15) is 6.04 Å². The minimum atomic E-state index is -4.66. The van der Waals surface area contributed by atoms with Crippen molar-refractivity contribution >= 4 is 38.3 Å². The molecule has 2 N–H and O–H groups in total. The molecule has 0 bridgehead atoms. The van der Waals surface area contributed by atoms with Gasteiger partial charge in [0.15, 0.2) is 5.13 Å². The van der Waals surface area contributed by atoms with Crippen LogP contribution in [0.5, 0.6) is 0 Å². The zero-order chi connectivity index (χ0) is 24.0. The Balaban J connectivity index is 2.19. The fourth-order valence-electron chi connectivity index (χ4n) is 3.41. The molecule has 0 fully saturated rings. The summed E-state index contributed by atoms with van der Waals surface area (Å²) in [5, 5.41) is 2.85. The van der Waals surface area contributed by atoms with E-state index in [-0.39, 0.29) is 35.0 Å². The smallest absolute Gasteiger partial charge is 0.322 e. The quantitative estimate of drug-likeness (QED) is 0.646. The van der Waals surface area contributed by atoms with Gasteiger partial charge in [-0.2, -0.15) is 13.2 Å². The molecule has 1 atom stereocenters. The van der Waals surface area contributed by atoms with E-state index >= 15 is 0 Å². The number of hydrogen-bond donors (Lipinski definition) is 2. The number of aromatic nitrogens is 1. The van der Waals surface area contributed by atoms with Crippen LogP contribution in [0, 0.1) is 6.92 Å². The number of aryl methyl sites for hydroxylation is 1. The Morgan fingerprint density at radius 2 is 2.00 bits per heavy atom.